The van der Waals surface area contributed by atoms with Gasteiger partial charge < -0.3 is 10.0 Å². The van der Waals surface area contributed by atoms with Crippen LogP contribution in [0.5, 0.6) is 0 Å². The summed E-state index contributed by atoms with van der Waals surface area (Å²) in [5.74, 6) is -0.254. The zero-order valence-corrected chi connectivity index (χ0v) is 12.3. The van der Waals surface area contributed by atoms with Gasteiger partial charge in [0.15, 0.2) is 0 Å². The fourth-order valence-electron chi connectivity index (χ4n) is 2.60. The minimum absolute atomic E-state index is 0.254. The summed E-state index contributed by atoms with van der Waals surface area (Å²) >= 11 is 12.1. The highest BCUT2D eigenvalue weighted by Gasteiger charge is 2.34. The van der Waals surface area contributed by atoms with Crippen molar-refractivity contribution in [2.75, 3.05) is 13.6 Å². The first-order valence-corrected chi connectivity index (χ1v) is 7.10. The van der Waals surface area contributed by atoms with Crippen LogP contribution >= 0.6 is 23.2 Å². The van der Waals surface area contributed by atoms with Crippen molar-refractivity contribution in [1.82, 2.24) is 4.90 Å². The molecule has 0 spiro atoms. The average Bonchev–Trinajstić information content (AvgIpc) is 2.75. The molecule has 0 aliphatic heterocycles. The van der Waals surface area contributed by atoms with Crippen LogP contribution in [0.2, 0.25) is 10.0 Å². The molecule has 2 rings (SSSR count). The second-order valence-electron chi connectivity index (χ2n) is 5.19. The summed E-state index contributed by atoms with van der Waals surface area (Å²) in [4.78, 5) is 13.9. The standard InChI is InChI=1S/C14H17Cl2NO2/c1-17(9-14(19)7-2-3-8-14)13(18)12-10(15)5-4-6-11(12)16/h4-6,19H,2-3,7-9H2,1H3. The van der Waals surface area contributed by atoms with Crippen molar-refractivity contribution >= 4 is 29.1 Å². The van der Waals surface area contributed by atoms with E-state index >= 15 is 0 Å². The number of rotatable bonds is 3. The molecule has 1 saturated carbocycles. The maximum absolute atomic E-state index is 12.4. The number of aliphatic hydroxyl groups is 1. The van der Waals surface area contributed by atoms with Crippen molar-refractivity contribution in [2.24, 2.45) is 0 Å². The molecular formula is C14H17Cl2NO2. The van der Waals surface area contributed by atoms with Gasteiger partial charge in [-0.25, -0.2) is 0 Å². The third kappa shape index (κ3) is 3.22. The lowest BCUT2D eigenvalue weighted by Gasteiger charge is -2.29. The first kappa shape index (κ1) is 14.6. The molecule has 1 aliphatic rings. The molecule has 1 aliphatic carbocycles. The number of hydrogen-bond acceptors (Lipinski definition) is 2. The molecule has 1 N–H and O–H groups in total. The summed E-state index contributed by atoms with van der Waals surface area (Å²) in [5, 5.41) is 11.0. The van der Waals surface area contributed by atoms with Crippen LogP contribution in [0.3, 0.4) is 0 Å². The summed E-state index contributed by atoms with van der Waals surface area (Å²) in [7, 11) is 1.66. The minimum atomic E-state index is -0.766. The molecule has 1 amide bonds. The van der Waals surface area contributed by atoms with Gasteiger partial charge >= 0.3 is 0 Å². The highest BCUT2D eigenvalue weighted by atomic mass is 35.5. The zero-order valence-electron chi connectivity index (χ0n) is 10.8. The molecule has 0 atom stereocenters. The van der Waals surface area contributed by atoms with Crippen LogP contribution in [0.15, 0.2) is 18.2 Å². The number of likely N-dealkylation sites (N-methyl/N-ethyl adjacent to an activating group) is 1. The van der Waals surface area contributed by atoms with Gasteiger partial charge in [0, 0.05) is 13.6 Å². The van der Waals surface area contributed by atoms with E-state index in [0.717, 1.165) is 25.7 Å². The van der Waals surface area contributed by atoms with Crippen LogP contribution in [-0.2, 0) is 0 Å². The Bertz CT molecular complexity index is 464. The van der Waals surface area contributed by atoms with E-state index in [0.29, 0.717) is 22.2 Å². The summed E-state index contributed by atoms with van der Waals surface area (Å²) < 4.78 is 0. The number of carbonyl (C=O) groups is 1. The SMILES string of the molecule is CN(CC1(O)CCCC1)C(=O)c1c(Cl)cccc1Cl. The fourth-order valence-corrected chi connectivity index (χ4v) is 3.16. The molecule has 0 aromatic heterocycles. The second-order valence-corrected chi connectivity index (χ2v) is 6.00. The third-order valence-corrected chi connectivity index (χ3v) is 4.22. The number of halogens is 2. The Kier molecular flexibility index (Phi) is 4.39. The molecule has 5 heteroatoms. The summed E-state index contributed by atoms with van der Waals surface area (Å²) in [6.07, 6.45) is 3.48. The molecule has 0 radical (unpaired) electrons. The van der Waals surface area contributed by atoms with E-state index in [2.05, 4.69) is 0 Å². The molecule has 0 bridgehead atoms. The van der Waals surface area contributed by atoms with Gasteiger partial charge in [-0.15, -0.1) is 0 Å². The van der Waals surface area contributed by atoms with Gasteiger partial charge in [0.1, 0.15) is 0 Å². The highest BCUT2D eigenvalue weighted by Crippen LogP contribution is 2.31. The van der Waals surface area contributed by atoms with Crippen molar-refractivity contribution in [3.63, 3.8) is 0 Å². The summed E-state index contributed by atoms with van der Waals surface area (Å²) in [6.45, 7) is 0.313. The number of benzene rings is 1. The van der Waals surface area contributed by atoms with Gasteiger partial charge in [-0.1, -0.05) is 42.1 Å². The van der Waals surface area contributed by atoms with Gasteiger partial charge in [0.05, 0.1) is 21.2 Å². The first-order valence-electron chi connectivity index (χ1n) is 6.35. The van der Waals surface area contributed by atoms with Gasteiger partial charge in [0.25, 0.3) is 5.91 Å². The van der Waals surface area contributed by atoms with Crippen LogP contribution in [-0.4, -0.2) is 35.1 Å². The highest BCUT2D eigenvalue weighted by molar-refractivity contribution is 6.39. The molecule has 1 fully saturated rings. The van der Waals surface area contributed by atoms with Crippen molar-refractivity contribution in [1.29, 1.82) is 0 Å². The van der Waals surface area contributed by atoms with Crippen LogP contribution in [0.25, 0.3) is 0 Å². The van der Waals surface area contributed by atoms with E-state index in [4.69, 9.17) is 23.2 Å². The normalized spacial score (nSPS) is 17.5. The Balaban J connectivity index is 2.15. The summed E-state index contributed by atoms with van der Waals surface area (Å²) in [5.41, 5.74) is -0.465. The Labute approximate surface area is 123 Å². The van der Waals surface area contributed by atoms with Gasteiger partial charge in [-0.3, -0.25) is 4.79 Å². The third-order valence-electron chi connectivity index (χ3n) is 3.59. The lowest BCUT2D eigenvalue weighted by atomic mass is 10.0. The number of hydrogen-bond donors (Lipinski definition) is 1. The molecule has 104 valence electrons. The largest absolute Gasteiger partial charge is 0.388 e. The Morgan fingerprint density at radius 2 is 1.84 bits per heavy atom. The minimum Gasteiger partial charge on any atom is -0.388 e. The quantitative estimate of drug-likeness (QED) is 0.930. The number of nitrogens with zero attached hydrogens (tertiary/aromatic N) is 1. The number of amides is 1. The predicted molar refractivity (Wildman–Crippen MR) is 76.8 cm³/mol. The monoisotopic (exact) mass is 301 g/mol. The Hall–Kier alpha value is -0.770. The van der Waals surface area contributed by atoms with Gasteiger partial charge in [-0.2, -0.15) is 0 Å². The van der Waals surface area contributed by atoms with Crippen LogP contribution < -0.4 is 0 Å². The molecule has 3 nitrogen and oxygen atoms in total. The molecule has 0 unspecified atom stereocenters. The maximum atomic E-state index is 12.4. The zero-order chi connectivity index (χ0) is 14.0. The topological polar surface area (TPSA) is 40.5 Å². The Morgan fingerprint density at radius 1 is 1.32 bits per heavy atom. The van der Waals surface area contributed by atoms with Crippen molar-refractivity contribution in [3.8, 4) is 0 Å². The van der Waals surface area contributed by atoms with Gasteiger partial charge in [0.2, 0.25) is 0 Å². The van der Waals surface area contributed by atoms with Crippen LogP contribution in [0, 0.1) is 0 Å². The fraction of sp³-hybridized carbons (Fsp3) is 0.500. The molecule has 0 heterocycles. The van der Waals surface area contributed by atoms with Crippen molar-refractivity contribution in [2.45, 2.75) is 31.3 Å². The second kappa shape index (κ2) is 5.70. The molecule has 1 aromatic rings. The van der Waals surface area contributed by atoms with E-state index in [1.165, 1.54) is 4.90 Å². The smallest absolute Gasteiger partial charge is 0.256 e. The predicted octanol–water partition coefficient (Wildman–Crippen LogP) is 3.37. The molecule has 1 aromatic carbocycles. The van der Waals surface area contributed by atoms with Crippen molar-refractivity contribution in [3.05, 3.63) is 33.8 Å². The molecule has 0 saturated heterocycles. The van der Waals surface area contributed by atoms with Crippen molar-refractivity contribution < 1.29 is 9.90 Å². The first-order chi connectivity index (χ1) is 8.93. The van der Waals surface area contributed by atoms with Gasteiger partial charge in [-0.05, 0) is 25.0 Å². The van der Waals surface area contributed by atoms with E-state index in [1.54, 1.807) is 25.2 Å². The lowest BCUT2D eigenvalue weighted by molar-refractivity contribution is 0.0157. The average molecular weight is 302 g/mol. The van der Waals surface area contributed by atoms with Crippen LogP contribution in [0.1, 0.15) is 36.0 Å². The van der Waals surface area contributed by atoms with E-state index in [9.17, 15) is 9.90 Å². The Morgan fingerprint density at radius 3 is 2.37 bits per heavy atom. The number of carbonyl (C=O) groups excluding carboxylic acids is 1. The van der Waals surface area contributed by atoms with E-state index in [1.807, 2.05) is 0 Å². The van der Waals surface area contributed by atoms with E-state index in [-0.39, 0.29) is 5.91 Å². The maximum Gasteiger partial charge on any atom is 0.256 e. The van der Waals surface area contributed by atoms with E-state index < -0.39 is 5.60 Å². The molecule has 19 heavy (non-hydrogen) atoms. The molecular weight excluding hydrogens is 285 g/mol. The lowest BCUT2D eigenvalue weighted by Crippen LogP contribution is -2.42. The van der Waals surface area contributed by atoms with Crippen LogP contribution in [0.4, 0.5) is 0 Å². The summed E-state index contributed by atoms with van der Waals surface area (Å²) in [6, 6.07) is 4.98.